The summed E-state index contributed by atoms with van der Waals surface area (Å²) in [4.78, 5) is 10.6. The number of hydrogen-bond acceptors (Lipinski definition) is 2. The van der Waals surface area contributed by atoms with E-state index in [0.29, 0.717) is 0 Å². The molecule has 0 N–H and O–H groups in total. The normalized spacial score (nSPS) is 13.1. The Hall–Kier alpha value is -6.38. The first kappa shape index (κ1) is 29.5. The van der Waals surface area contributed by atoms with Gasteiger partial charge in [-0.25, -0.2) is 9.97 Å². The van der Waals surface area contributed by atoms with E-state index in [2.05, 4.69) is 184 Å². The molecule has 8 aromatic carbocycles. The summed E-state index contributed by atoms with van der Waals surface area (Å²) in [7, 11) is 0. The van der Waals surface area contributed by atoms with Crippen molar-refractivity contribution in [3.63, 3.8) is 0 Å². The Morgan fingerprint density at radius 3 is 1.82 bits per heavy atom. The van der Waals surface area contributed by atoms with Crippen molar-refractivity contribution in [2.75, 3.05) is 0 Å². The Bertz CT molecular complexity index is 2840. The molecule has 0 amide bonds. The molecule has 0 radical (unpaired) electrons. The monoisotopic (exact) mass is 650 g/mol. The summed E-state index contributed by atoms with van der Waals surface area (Å²) in [6, 6.07) is 61.3. The molecule has 0 bridgehead atoms. The van der Waals surface area contributed by atoms with Crippen LogP contribution in [0, 0.1) is 0 Å². The van der Waals surface area contributed by atoms with E-state index in [9.17, 15) is 0 Å². The average Bonchev–Trinajstić information content (AvgIpc) is 3.42. The van der Waals surface area contributed by atoms with Gasteiger partial charge in [-0.05, 0) is 83.9 Å². The lowest BCUT2D eigenvalue weighted by atomic mass is 9.82. The highest BCUT2D eigenvalue weighted by Crippen LogP contribution is 2.50. The number of benzene rings is 8. The highest BCUT2D eigenvalue weighted by molar-refractivity contribution is 6.06. The molecule has 0 fully saturated rings. The molecule has 0 saturated heterocycles. The van der Waals surface area contributed by atoms with Crippen molar-refractivity contribution in [1.29, 1.82) is 0 Å². The first-order valence-electron chi connectivity index (χ1n) is 17.7. The molecule has 0 spiro atoms. The molecular weight excluding hydrogens is 617 g/mol. The Balaban J connectivity index is 1.18. The molecule has 2 nitrogen and oxygen atoms in total. The van der Waals surface area contributed by atoms with Gasteiger partial charge in [-0.15, -0.1) is 0 Å². The third kappa shape index (κ3) is 4.71. The second-order valence-corrected chi connectivity index (χ2v) is 14.2. The summed E-state index contributed by atoms with van der Waals surface area (Å²) in [5.41, 5.74) is 12.9. The van der Waals surface area contributed by atoms with E-state index in [-0.39, 0.29) is 5.41 Å². The zero-order valence-corrected chi connectivity index (χ0v) is 28.6. The SMILES string of the molecule is CC1(C)c2ccccc2-c2cc(-c3ccc(-c4cc(-c5ccc6ccccc6c5)nc(-c5cccc6ccccc56)n4)c4ccccc34)ccc21. The number of aromatic nitrogens is 2. The van der Waals surface area contributed by atoms with Crippen LogP contribution in [-0.2, 0) is 5.41 Å². The molecule has 51 heavy (non-hydrogen) atoms. The lowest BCUT2D eigenvalue weighted by Crippen LogP contribution is -2.14. The maximum Gasteiger partial charge on any atom is 0.161 e. The van der Waals surface area contributed by atoms with Crippen molar-refractivity contribution < 1.29 is 0 Å². The molecule has 240 valence electrons. The summed E-state index contributed by atoms with van der Waals surface area (Å²) in [5, 5.41) is 7.10. The lowest BCUT2D eigenvalue weighted by molar-refractivity contribution is 0.660. The van der Waals surface area contributed by atoms with Crippen LogP contribution in [0.5, 0.6) is 0 Å². The van der Waals surface area contributed by atoms with Gasteiger partial charge >= 0.3 is 0 Å². The maximum atomic E-state index is 5.34. The van der Waals surface area contributed by atoms with Crippen LogP contribution < -0.4 is 0 Å². The van der Waals surface area contributed by atoms with E-state index < -0.39 is 0 Å². The summed E-state index contributed by atoms with van der Waals surface area (Å²) in [6.07, 6.45) is 0. The van der Waals surface area contributed by atoms with Crippen LogP contribution in [0.3, 0.4) is 0 Å². The third-order valence-corrected chi connectivity index (χ3v) is 10.9. The van der Waals surface area contributed by atoms with Crippen LogP contribution in [0.4, 0.5) is 0 Å². The number of hydrogen-bond donors (Lipinski definition) is 0. The van der Waals surface area contributed by atoms with Gasteiger partial charge in [-0.2, -0.15) is 0 Å². The molecule has 9 aromatic rings. The van der Waals surface area contributed by atoms with E-state index >= 15 is 0 Å². The number of rotatable bonds is 4. The second-order valence-electron chi connectivity index (χ2n) is 14.2. The van der Waals surface area contributed by atoms with Crippen molar-refractivity contribution in [3.8, 4) is 56.2 Å². The van der Waals surface area contributed by atoms with Gasteiger partial charge in [0.15, 0.2) is 5.82 Å². The average molecular weight is 651 g/mol. The van der Waals surface area contributed by atoms with Crippen LogP contribution in [0.2, 0.25) is 0 Å². The largest absolute Gasteiger partial charge is 0.228 e. The minimum absolute atomic E-state index is 0.0199. The molecule has 10 rings (SSSR count). The van der Waals surface area contributed by atoms with Crippen molar-refractivity contribution >= 4 is 32.3 Å². The highest BCUT2D eigenvalue weighted by atomic mass is 14.9. The van der Waals surface area contributed by atoms with Crippen LogP contribution in [-0.4, -0.2) is 9.97 Å². The van der Waals surface area contributed by atoms with E-state index in [0.717, 1.165) is 39.3 Å². The van der Waals surface area contributed by atoms with Gasteiger partial charge in [0.25, 0.3) is 0 Å². The third-order valence-electron chi connectivity index (χ3n) is 10.9. The Labute approximate surface area is 297 Å². The molecule has 0 atom stereocenters. The zero-order chi connectivity index (χ0) is 34.1. The standard InChI is InChI=1S/C49H34N2/c1-49(2)44-21-10-9-19-40(44)43-29-34(24-27-45(43)49)37-25-26-41(39-18-8-7-17-38(37)39)47-30-46(35-23-22-31-12-3-4-14-33(31)28-35)50-48(51-47)42-20-11-15-32-13-5-6-16-36(32)42/h3-30H,1-2H3. The van der Waals surface area contributed by atoms with Crippen molar-refractivity contribution in [2.24, 2.45) is 0 Å². The minimum Gasteiger partial charge on any atom is -0.228 e. The maximum absolute atomic E-state index is 5.34. The molecular formula is C49H34N2. The van der Waals surface area contributed by atoms with Gasteiger partial charge in [0.05, 0.1) is 11.4 Å². The smallest absolute Gasteiger partial charge is 0.161 e. The van der Waals surface area contributed by atoms with E-state index in [4.69, 9.17) is 9.97 Å². The Morgan fingerprint density at radius 1 is 0.353 bits per heavy atom. The first-order valence-corrected chi connectivity index (χ1v) is 17.7. The van der Waals surface area contributed by atoms with Gasteiger partial charge in [-0.1, -0.05) is 166 Å². The van der Waals surface area contributed by atoms with Gasteiger partial charge in [0.1, 0.15) is 0 Å². The molecule has 0 unspecified atom stereocenters. The second kappa shape index (κ2) is 11.3. The van der Waals surface area contributed by atoms with E-state index in [1.807, 2.05) is 0 Å². The van der Waals surface area contributed by atoms with Crippen molar-refractivity contribution in [1.82, 2.24) is 9.97 Å². The quantitative estimate of drug-likeness (QED) is 0.189. The molecule has 1 aliphatic carbocycles. The van der Waals surface area contributed by atoms with Crippen LogP contribution in [0.25, 0.3) is 88.5 Å². The fraction of sp³-hybridized carbons (Fsp3) is 0.0612. The topological polar surface area (TPSA) is 25.8 Å². The minimum atomic E-state index is -0.0199. The van der Waals surface area contributed by atoms with Gasteiger partial charge in [0, 0.05) is 22.1 Å². The predicted octanol–water partition coefficient (Wildman–Crippen LogP) is 12.9. The Morgan fingerprint density at radius 2 is 0.961 bits per heavy atom. The van der Waals surface area contributed by atoms with E-state index in [1.165, 1.54) is 60.3 Å². The number of fused-ring (bicyclic) bond motifs is 6. The van der Waals surface area contributed by atoms with E-state index in [1.54, 1.807) is 0 Å². The summed E-state index contributed by atoms with van der Waals surface area (Å²) in [5.74, 6) is 0.723. The van der Waals surface area contributed by atoms with Gasteiger partial charge in [0.2, 0.25) is 0 Å². The fourth-order valence-electron chi connectivity index (χ4n) is 8.28. The summed E-state index contributed by atoms with van der Waals surface area (Å²) in [6.45, 7) is 4.67. The molecule has 1 aromatic heterocycles. The zero-order valence-electron chi connectivity index (χ0n) is 28.6. The van der Waals surface area contributed by atoms with Crippen LogP contribution in [0.1, 0.15) is 25.0 Å². The fourth-order valence-corrected chi connectivity index (χ4v) is 8.28. The molecule has 2 heteroatoms. The molecule has 0 saturated carbocycles. The van der Waals surface area contributed by atoms with Crippen LogP contribution in [0.15, 0.2) is 170 Å². The molecule has 1 heterocycles. The highest BCUT2D eigenvalue weighted by Gasteiger charge is 2.35. The van der Waals surface area contributed by atoms with Gasteiger partial charge < -0.3 is 0 Å². The summed E-state index contributed by atoms with van der Waals surface area (Å²) >= 11 is 0. The lowest BCUT2D eigenvalue weighted by Gasteiger charge is -2.21. The molecule has 0 aliphatic heterocycles. The number of nitrogens with zero attached hydrogens (tertiary/aromatic N) is 2. The first-order chi connectivity index (χ1) is 25.0. The summed E-state index contributed by atoms with van der Waals surface area (Å²) < 4.78 is 0. The van der Waals surface area contributed by atoms with Crippen molar-refractivity contribution in [2.45, 2.75) is 19.3 Å². The van der Waals surface area contributed by atoms with Crippen molar-refractivity contribution in [3.05, 3.63) is 181 Å². The Kier molecular flexibility index (Phi) is 6.56. The predicted molar refractivity (Wildman–Crippen MR) is 214 cm³/mol. The molecule has 1 aliphatic rings. The van der Waals surface area contributed by atoms with Crippen LogP contribution >= 0.6 is 0 Å². The van der Waals surface area contributed by atoms with Gasteiger partial charge in [-0.3, -0.25) is 0 Å².